The van der Waals surface area contributed by atoms with Gasteiger partial charge in [-0.2, -0.15) is 0 Å². The number of hydrogen-bond donors (Lipinski definition) is 2. The molecule has 10 heteroatoms. The maximum absolute atomic E-state index is 13.3. The fourth-order valence-corrected chi connectivity index (χ4v) is 5.22. The third kappa shape index (κ3) is 4.41. The number of amides is 1. The maximum atomic E-state index is 13.3. The van der Waals surface area contributed by atoms with Crippen LogP contribution in [0.25, 0.3) is 0 Å². The number of rotatable bonds is 6. The van der Waals surface area contributed by atoms with E-state index in [0.29, 0.717) is 21.5 Å². The van der Waals surface area contributed by atoms with Crippen LogP contribution in [0.1, 0.15) is 15.9 Å². The van der Waals surface area contributed by atoms with E-state index in [-0.39, 0.29) is 21.2 Å². The number of pyridine rings is 1. The molecule has 1 aromatic heterocycles. The summed E-state index contributed by atoms with van der Waals surface area (Å²) in [5.41, 5.74) is 3.18. The molecule has 31 heavy (non-hydrogen) atoms. The SMILES string of the molecule is COc1ccc(S(=O)(=O)c2ncccc2N(C)c2c(C)cc(Br)cc2C(=O)NO)cc1. The normalized spacial score (nSPS) is 11.1. The number of sulfone groups is 1. The van der Waals surface area contributed by atoms with Crippen LogP contribution in [0.4, 0.5) is 11.4 Å². The van der Waals surface area contributed by atoms with Crippen molar-refractivity contribution in [2.24, 2.45) is 0 Å². The van der Waals surface area contributed by atoms with Crippen molar-refractivity contribution in [2.75, 3.05) is 19.1 Å². The Labute approximate surface area is 188 Å². The van der Waals surface area contributed by atoms with E-state index in [1.807, 2.05) is 0 Å². The summed E-state index contributed by atoms with van der Waals surface area (Å²) in [7, 11) is -0.845. The second-order valence-corrected chi connectivity index (χ2v) is 9.41. The Balaban J connectivity index is 2.18. The Morgan fingerprint density at radius 2 is 1.87 bits per heavy atom. The van der Waals surface area contributed by atoms with Gasteiger partial charge in [0.2, 0.25) is 9.84 Å². The number of carbonyl (C=O) groups excluding carboxylic acids is 1. The van der Waals surface area contributed by atoms with Crippen LogP contribution < -0.4 is 15.1 Å². The maximum Gasteiger partial charge on any atom is 0.276 e. The van der Waals surface area contributed by atoms with Crippen molar-refractivity contribution < 1.29 is 23.2 Å². The van der Waals surface area contributed by atoms with Gasteiger partial charge in [0.15, 0.2) is 5.03 Å². The number of methoxy groups -OCH3 is 1. The molecule has 3 rings (SSSR count). The Morgan fingerprint density at radius 1 is 1.19 bits per heavy atom. The van der Waals surface area contributed by atoms with Gasteiger partial charge in [-0.05, 0) is 61.0 Å². The largest absolute Gasteiger partial charge is 0.497 e. The molecule has 162 valence electrons. The molecule has 0 radical (unpaired) electrons. The first-order chi connectivity index (χ1) is 14.7. The third-order valence-corrected chi connectivity index (χ3v) is 6.86. The van der Waals surface area contributed by atoms with Crippen molar-refractivity contribution in [1.29, 1.82) is 0 Å². The van der Waals surface area contributed by atoms with Crippen LogP contribution >= 0.6 is 15.9 Å². The summed E-state index contributed by atoms with van der Waals surface area (Å²) in [5, 5.41) is 9.00. The zero-order chi connectivity index (χ0) is 22.8. The molecular formula is C21H20BrN3O5S. The van der Waals surface area contributed by atoms with E-state index in [0.717, 1.165) is 0 Å². The highest BCUT2D eigenvalue weighted by Crippen LogP contribution is 2.37. The Morgan fingerprint density at radius 3 is 2.48 bits per heavy atom. The van der Waals surface area contributed by atoms with Gasteiger partial charge in [0.1, 0.15) is 5.75 Å². The molecule has 0 aliphatic carbocycles. The summed E-state index contributed by atoms with van der Waals surface area (Å²) in [4.78, 5) is 18.0. The van der Waals surface area contributed by atoms with Crippen molar-refractivity contribution in [2.45, 2.75) is 16.8 Å². The van der Waals surface area contributed by atoms with Crippen molar-refractivity contribution in [1.82, 2.24) is 10.5 Å². The molecule has 0 atom stereocenters. The molecule has 3 aromatic rings. The van der Waals surface area contributed by atoms with Gasteiger partial charge < -0.3 is 9.64 Å². The number of aryl methyl sites for hydroxylation is 1. The minimum Gasteiger partial charge on any atom is -0.497 e. The number of hydroxylamine groups is 1. The van der Waals surface area contributed by atoms with Gasteiger partial charge in [0.25, 0.3) is 5.91 Å². The number of nitrogens with one attached hydrogen (secondary N) is 1. The molecule has 0 saturated carbocycles. The number of benzene rings is 2. The first-order valence-corrected chi connectivity index (χ1v) is 11.3. The zero-order valence-corrected chi connectivity index (χ0v) is 19.4. The standard InChI is InChI=1S/C21H20BrN3O5S/c1-13-11-14(22)12-17(20(26)24-27)19(13)25(2)18-5-4-10-23-21(18)31(28,29)16-8-6-15(30-3)7-9-16/h4-12,27H,1-3H3,(H,24,26). The minimum absolute atomic E-state index is 0.0579. The fourth-order valence-electron chi connectivity index (χ4n) is 3.25. The van der Waals surface area contributed by atoms with Crippen LogP contribution in [-0.4, -0.2) is 38.7 Å². The van der Waals surface area contributed by atoms with Gasteiger partial charge in [-0.1, -0.05) is 15.9 Å². The van der Waals surface area contributed by atoms with Gasteiger partial charge >= 0.3 is 0 Å². The van der Waals surface area contributed by atoms with Crippen LogP contribution in [-0.2, 0) is 9.84 Å². The Hall–Kier alpha value is -2.95. The summed E-state index contributed by atoms with van der Waals surface area (Å²) < 4.78 is 32.4. The summed E-state index contributed by atoms with van der Waals surface area (Å²) in [6, 6.07) is 12.5. The molecule has 2 N–H and O–H groups in total. The van der Waals surface area contributed by atoms with E-state index < -0.39 is 15.7 Å². The Bertz CT molecular complexity index is 1230. The predicted octanol–water partition coefficient (Wildman–Crippen LogP) is 3.88. The van der Waals surface area contributed by atoms with Gasteiger partial charge in [-0.25, -0.2) is 18.9 Å². The van der Waals surface area contributed by atoms with Gasteiger partial charge in [-0.15, -0.1) is 0 Å². The highest BCUT2D eigenvalue weighted by atomic mass is 79.9. The molecule has 0 saturated heterocycles. The number of anilines is 2. The van der Waals surface area contributed by atoms with Crippen molar-refractivity contribution in [3.8, 4) is 5.75 Å². The highest BCUT2D eigenvalue weighted by molar-refractivity contribution is 9.10. The molecule has 0 bridgehead atoms. The predicted molar refractivity (Wildman–Crippen MR) is 119 cm³/mol. The third-order valence-electron chi connectivity index (χ3n) is 4.68. The summed E-state index contributed by atoms with van der Waals surface area (Å²) in [5.74, 6) is -0.197. The van der Waals surface area contributed by atoms with Crippen LogP contribution in [0, 0.1) is 6.92 Å². The van der Waals surface area contributed by atoms with E-state index in [1.54, 1.807) is 60.7 Å². The molecule has 0 spiro atoms. The van der Waals surface area contributed by atoms with E-state index in [1.165, 1.54) is 25.4 Å². The van der Waals surface area contributed by atoms with E-state index in [4.69, 9.17) is 4.74 Å². The molecule has 0 aliphatic rings. The lowest BCUT2D eigenvalue weighted by molar-refractivity contribution is 0.0707. The van der Waals surface area contributed by atoms with Crippen molar-refractivity contribution in [3.63, 3.8) is 0 Å². The smallest absolute Gasteiger partial charge is 0.276 e. The second-order valence-electron chi connectivity index (χ2n) is 6.63. The monoisotopic (exact) mass is 505 g/mol. The van der Waals surface area contributed by atoms with Crippen LogP contribution in [0.3, 0.4) is 0 Å². The summed E-state index contributed by atoms with van der Waals surface area (Å²) in [6.07, 6.45) is 1.39. The van der Waals surface area contributed by atoms with E-state index in [9.17, 15) is 18.4 Å². The zero-order valence-electron chi connectivity index (χ0n) is 17.0. The molecule has 1 heterocycles. The number of halogens is 1. The second kappa shape index (κ2) is 9.04. The van der Waals surface area contributed by atoms with E-state index in [2.05, 4.69) is 20.9 Å². The van der Waals surface area contributed by atoms with Crippen LogP contribution in [0.2, 0.25) is 0 Å². The molecule has 0 unspecified atom stereocenters. The molecule has 0 aliphatic heterocycles. The molecule has 1 amide bonds. The molecule has 0 fully saturated rings. The van der Waals surface area contributed by atoms with Crippen molar-refractivity contribution >= 4 is 43.0 Å². The highest BCUT2D eigenvalue weighted by Gasteiger charge is 2.27. The van der Waals surface area contributed by atoms with Gasteiger partial charge in [-0.3, -0.25) is 10.0 Å². The fraction of sp³-hybridized carbons (Fsp3) is 0.143. The number of aromatic nitrogens is 1. The molecular weight excluding hydrogens is 486 g/mol. The number of ether oxygens (including phenoxy) is 1. The quantitative estimate of drug-likeness (QED) is 0.386. The first-order valence-electron chi connectivity index (χ1n) is 9.03. The Kier molecular flexibility index (Phi) is 6.63. The summed E-state index contributed by atoms with van der Waals surface area (Å²) in [6.45, 7) is 1.78. The first kappa shape index (κ1) is 22.7. The van der Waals surface area contributed by atoms with E-state index >= 15 is 0 Å². The average Bonchev–Trinajstić information content (AvgIpc) is 2.77. The number of nitrogens with zero attached hydrogens (tertiary/aromatic N) is 2. The minimum atomic E-state index is -3.97. The lowest BCUT2D eigenvalue weighted by atomic mass is 10.1. The number of carbonyl (C=O) groups is 1. The molecule has 8 nitrogen and oxygen atoms in total. The van der Waals surface area contributed by atoms with Crippen molar-refractivity contribution in [3.05, 3.63) is 70.3 Å². The van der Waals surface area contributed by atoms with Gasteiger partial charge in [0.05, 0.1) is 28.9 Å². The summed E-state index contributed by atoms with van der Waals surface area (Å²) >= 11 is 3.34. The topological polar surface area (TPSA) is 109 Å². The lowest BCUT2D eigenvalue weighted by Crippen LogP contribution is -2.24. The van der Waals surface area contributed by atoms with Crippen LogP contribution in [0.5, 0.6) is 5.75 Å². The lowest BCUT2D eigenvalue weighted by Gasteiger charge is -2.26. The average molecular weight is 506 g/mol. The number of hydrogen-bond acceptors (Lipinski definition) is 7. The molecule has 2 aromatic carbocycles. The van der Waals surface area contributed by atoms with Crippen LogP contribution in [0.15, 0.2) is 69.1 Å². The van der Waals surface area contributed by atoms with Gasteiger partial charge in [0, 0.05) is 17.7 Å².